The lowest BCUT2D eigenvalue weighted by molar-refractivity contribution is -0.135. The van der Waals surface area contributed by atoms with Crippen LogP contribution in [-0.2, 0) is 0 Å². The maximum absolute atomic E-state index is 12.0. The Balaban J connectivity index is 2.37. The highest BCUT2D eigenvalue weighted by Crippen LogP contribution is 2.41. The van der Waals surface area contributed by atoms with Crippen molar-refractivity contribution in [2.24, 2.45) is 5.84 Å². The number of hydrogen-bond acceptors (Lipinski definition) is 3. The highest BCUT2D eigenvalue weighted by Gasteiger charge is 2.37. The minimum absolute atomic E-state index is 0.000346. The van der Waals surface area contributed by atoms with E-state index in [2.05, 4.69) is 12.3 Å². The number of thioether (sulfide) groups is 1. The van der Waals surface area contributed by atoms with Crippen LogP contribution in [0.4, 0.5) is 13.2 Å². The van der Waals surface area contributed by atoms with E-state index in [4.69, 9.17) is 5.84 Å². The van der Waals surface area contributed by atoms with Gasteiger partial charge in [0, 0.05) is 17.2 Å². The summed E-state index contributed by atoms with van der Waals surface area (Å²) in [6.07, 6.45) is -1.99. The summed E-state index contributed by atoms with van der Waals surface area (Å²) in [5, 5.41) is 0. The van der Waals surface area contributed by atoms with Gasteiger partial charge in [0.1, 0.15) is 0 Å². The van der Waals surface area contributed by atoms with Gasteiger partial charge in [0.2, 0.25) is 0 Å². The van der Waals surface area contributed by atoms with Crippen molar-refractivity contribution in [3.63, 3.8) is 0 Å². The van der Waals surface area contributed by atoms with E-state index < -0.39 is 12.6 Å². The summed E-state index contributed by atoms with van der Waals surface area (Å²) in [5.74, 6) is 6.52. The second-order valence-corrected chi connectivity index (χ2v) is 6.12. The molecule has 0 radical (unpaired) electrons. The molecule has 6 heteroatoms. The molecule has 2 atom stereocenters. The zero-order valence-corrected chi connectivity index (χ0v) is 10.3. The molecule has 1 heterocycles. The summed E-state index contributed by atoms with van der Waals surface area (Å²) in [6, 6.07) is -0.0256. The van der Waals surface area contributed by atoms with Gasteiger partial charge in [-0.05, 0) is 38.4 Å². The lowest BCUT2D eigenvalue weighted by Crippen LogP contribution is -2.48. The molecule has 0 aromatic heterocycles. The van der Waals surface area contributed by atoms with Crippen molar-refractivity contribution >= 4 is 11.8 Å². The number of hydrazine groups is 1. The molecule has 1 aliphatic heterocycles. The monoisotopic (exact) mass is 256 g/mol. The maximum atomic E-state index is 12.0. The Hall–Kier alpha value is 0.0600. The van der Waals surface area contributed by atoms with E-state index in [9.17, 15) is 13.2 Å². The summed E-state index contributed by atoms with van der Waals surface area (Å²) in [4.78, 5) is 0. The number of rotatable bonds is 5. The van der Waals surface area contributed by atoms with Crippen molar-refractivity contribution in [1.29, 1.82) is 0 Å². The standard InChI is InChI=1S/C10H19F3N2S/c1-9(5-3-7-16-9)8(15-14)4-2-6-10(11,12)13/h8,15H,2-7,14H2,1H3. The van der Waals surface area contributed by atoms with Gasteiger partial charge in [-0.25, -0.2) is 0 Å². The Morgan fingerprint density at radius 1 is 1.50 bits per heavy atom. The van der Waals surface area contributed by atoms with Crippen LogP contribution in [0, 0.1) is 0 Å². The van der Waals surface area contributed by atoms with Gasteiger partial charge in [0.25, 0.3) is 0 Å². The number of alkyl halides is 3. The number of halogens is 3. The lowest BCUT2D eigenvalue weighted by Gasteiger charge is -2.32. The zero-order chi connectivity index (χ0) is 12.2. The van der Waals surface area contributed by atoms with Crippen LogP contribution in [0.5, 0.6) is 0 Å². The number of nitrogens with one attached hydrogen (secondary N) is 1. The van der Waals surface area contributed by atoms with Gasteiger partial charge in [0.15, 0.2) is 0 Å². The topological polar surface area (TPSA) is 38.0 Å². The molecule has 2 nitrogen and oxygen atoms in total. The van der Waals surface area contributed by atoms with Crippen LogP contribution in [0.25, 0.3) is 0 Å². The molecule has 1 fully saturated rings. The predicted molar refractivity (Wildman–Crippen MR) is 61.1 cm³/mol. The summed E-state index contributed by atoms with van der Waals surface area (Å²) in [6.45, 7) is 2.09. The molecular weight excluding hydrogens is 237 g/mol. The normalized spacial score (nSPS) is 28.3. The largest absolute Gasteiger partial charge is 0.389 e. The van der Waals surface area contributed by atoms with Crippen molar-refractivity contribution in [3.8, 4) is 0 Å². The van der Waals surface area contributed by atoms with Gasteiger partial charge in [-0.3, -0.25) is 11.3 Å². The molecule has 0 aromatic rings. The van der Waals surface area contributed by atoms with Gasteiger partial charge >= 0.3 is 6.18 Å². The third kappa shape index (κ3) is 4.14. The van der Waals surface area contributed by atoms with Crippen LogP contribution in [0.1, 0.15) is 39.0 Å². The smallest absolute Gasteiger partial charge is 0.271 e. The van der Waals surface area contributed by atoms with Crippen LogP contribution < -0.4 is 11.3 Å². The molecule has 0 saturated carbocycles. The first kappa shape index (κ1) is 14.1. The highest BCUT2D eigenvalue weighted by molar-refractivity contribution is 8.00. The second-order valence-electron chi connectivity index (χ2n) is 4.49. The van der Waals surface area contributed by atoms with Gasteiger partial charge in [0.05, 0.1) is 0 Å². The fourth-order valence-electron chi connectivity index (χ4n) is 2.15. The van der Waals surface area contributed by atoms with Crippen molar-refractivity contribution in [2.45, 2.75) is 56.0 Å². The predicted octanol–water partition coefficient (Wildman–Crippen LogP) is 2.84. The van der Waals surface area contributed by atoms with Gasteiger partial charge in [-0.1, -0.05) is 0 Å². The van der Waals surface area contributed by atoms with E-state index in [-0.39, 0.29) is 17.2 Å². The van der Waals surface area contributed by atoms with Crippen molar-refractivity contribution < 1.29 is 13.2 Å². The summed E-state index contributed by atoms with van der Waals surface area (Å²) >= 11 is 1.81. The molecule has 1 rings (SSSR count). The van der Waals surface area contributed by atoms with Crippen LogP contribution >= 0.6 is 11.8 Å². The molecule has 1 aliphatic rings. The fourth-order valence-corrected chi connectivity index (χ4v) is 3.58. The first-order valence-corrected chi connectivity index (χ1v) is 6.53. The fraction of sp³-hybridized carbons (Fsp3) is 1.00. The summed E-state index contributed by atoms with van der Waals surface area (Å²) in [7, 11) is 0. The Bertz CT molecular complexity index is 215. The van der Waals surface area contributed by atoms with E-state index >= 15 is 0 Å². The van der Waals surface area contributed by atoms with Gasteiger partial charge in [-0.15, -0.1) is 0 Å². The molecule has 1 saturated heterocycles. The molecule has 96 valence electrons. The van der Waals surface area contributed by atoms with E-state index in [0.717, 1.165) is 18.6 Å². The van der Waals surface area contributed by atoms with Crippen molar-refractivity contribution in [2.75, 3.05) is 5.75 Å². The molecule has 0 spiro atoms. The second kappa shape index (κ2) is 5.60. The molecule has 16 heavy (non-hydrogen) atoms. The average molecular weight is 256 g/mol. The SMILES string of the molecule is CC1(C(CCCC(F)(F)F)NN)CCCS1. The van der Waals surface area contributed by atoms with Gasteiger partial charge in [-0.2, -0.15) is 24.9 Å². The molecule has 0 aromatic carbocycles. The third-order valence-electron chi connectivity index (χ3n) is 3.14. The highest BCUT2D eigenvalue weighted by atomic mass is 32.2. The molecular formula is C10H19F3N2S. The molecule has 0 aliphatic carbocycles. The van der Waals surface area contributed by atoms with E-state index in [1.807, 2.05) is 11.8 Å². The number of nitrogens with two attached hydrogens (primary N) is 1. The van der Waals surface area contributed by atoms with Gasteiger partial charge < -0.3 is 0 Å². The van der Waals surface area contributed by atoms with Crippen LogP contribution in [-0.4, -0.2) is 22.7 Å². The Morgan fingerprint density at radius 2 is 2.19 bits per heavy atom. The maximum Gasteiger partial charge on any atom is 0.389 e. The van der Waals surface area contributed by atoms with Crippen LogP contribution in [0.2, 0.25) is 0 Å². The molecule has 0 amide bonds. The van der Waals surface area contributed by atoms with Crippen molar-refractivity contribution in [3.05, 3.63) is 0 Å². The minimum Gasteiger partial charge on any atom is -0.271 e. The van der Waals surface area contributed by atoms with Crippen LogP contribution in [0.15, 0.2) is 0 Å². The quantitative estimate of drug-likeness (QED) is 0.587. The first-order valence-electron chi connectivity index (χ1n) is 5.54. The Morgan fingerprint density at radius 3 is 2.62 bits per heavy atom. The lowest BCUT2D eigenvalue weighted by atomic mass is 9.92. The first-order chi connectivity index (χ1) is 7.37. The minimum atomic E-state index is -4.05. The molecule has 2 unspecified atom stereocenters. The zero-order valence-electron chi connectivity index (χ0n) is 9.44. The average Bonchev–Trinajstić information content (AvgIpc) is 2.59. The van der Waals surface area contributed by atoms with E-state index in [1.54, 1.807) is 0 Å². The Labute approximate surface area is 98.5 Å². The van der Waals surface area contributed by atoms with E-state index in [0.29, 0.717) is 6.42 Å². The van der Waals surface area contributed by atoms with E-state index in [1.165, 1.54) is 0 Å². The number of hydrogen-bond donors (Lipinski definition) is 2. The third-order valence-corrected chi connectivity index (χ3v) is 4.78. The molecule has 3 N–H and O–H groups in total. The van der Waals surface area contributed by atoms with Crippen LogP contribution in [0.3, 0.4) is 0 Å². The van der Waals surface area contributed by atoms with Crippen molar-refractivity contribution in [1.82, 2.24) is 5.43 Å². The summed E-state index contributed by atoms with van der Waals surface area (Å²) < 4.78 is 36.1. The Kier molecular flexibility index (Phi) is 4.94. The molecule has 0 bridgehead atoms. The summed E-state index contributed by atoms with van der Waals surface area (Å²) in [5.41, 5.74) is 2.68.